The summed E-state index contributed by atoms with van der Waals surface area (Å²) in [5, 5.41) is 18.2. The van der Waals surface area contributed by atoms with Crippen LogP contribution in [0.4, 0.5) is 0 Å². The second-order valence-corrected chi connectivity index (χ2v) is 9.96. The van der Waals surface area contributed by atoms with E-state index in [1.807, 2.05) is 111 Å². The number of para-hydroxylation sites is 1. The Morgan fingerprint density at radius 3 is 1.91 bits per heavy atom. The molecule has 0 spiro atoms. The van der Waals surface area contributed by atoms with Crippen LogP contribution in [0, 0.1) is 13.8 Å². The number of benzene rings is 3. The van der Waals surface area contributed by atoms with Gasteiger partial charge in [-0.1, -0.05) is 30.3 Å². The van der Waals surface area contributed by atoms with E-state index < -0.39 is 5.97 Å². The average Bonchev–Trinajstić information content (AvgIpc) is 2.99. The first-order valence-corrected chi connectivity index (χ1v) is 13.6. The van der Waals surface area contributed by atoms with E-state index in [0.717, 1.165) is 44.7 Å². The molecular weight excluding hydrogens is 551 g/mol. The molecule has 2 heterocycles. The number of aryl methyl sites for hydroxylation is 2. The van der Waals surface area contributed by atoms with Crippen molar-refractivity contribution in [1.82, 2.24) is 15.0 Å². The maximum Gasteiger partial charge on any atom is 1.00 e. The summed E-state index contributed by atoms with van der Waals surface area (Å²) in [6.07, 6.45) is 0. The molecule has 0 amide bonds. The first-order valence-electron chi connectivity index (χ1n) is 13.6. The van der Waals surface area contributed by atoms with E-state index in [2.05, 4.69) is 15.1 Å². The third kappa shape index (κ3) is 8.64. The Bertz CT molecular complexity index is 1720. The molecule has 9 heteroatoms. The van der Waals surface area contributed by atoms with Gasteiger partial charge in [0, 0.05) is 29.3 Å². The van der Waals surface area contributed by atoms with Gasteiger partial charge in [0.2, 0.25) is 0 Å². The molecule has 5 aromatic rings. The molecule has 0 saturated heterocycles. The minimum Gasteiger partial charge on any atom is -0.548 e. The van der Waals surface area contributed by atoms with E-state index in [9.17, 15) is 9.90 Å². The maximum atomic E-state index is 11.2. The molecule has 3 aromatic carbocycles. The van der Waals surface area contributed by atoms with Crippen LogP contribution in [0.1, 0.15) is 33.8 Å². The second-order valence-electron chi connectivity index (χ2n) is 9.96. The molecule has 0 fully saturated rings. The maximum absolute atomic E-state index is 11.2. The molecule has 0 aliphatic heterocycles. The summed E-state index contributed by atoms with van der Waals surface area (Å²) in [7, 11) is 1.60. The van der Waals surface area contributed by atoms with Crippen LogP contribution < -0.4 is 44.1 Å². The van der Waals surface area contributed by atoms with Gasteiger partial charge in [-0.15, -0.1) is 0 Å². The van der Waals surface area contributed by atoms with Gasteiger partial charge in [-0.3, -0.25) is 9.99 Å². The van der Waals surface area contributed by atoms with Crippen LogP contribution in [-0.4, -0.2) is 40.3 Å². The van der Waals surface area contributed by atoms with Crippen molar-refractivity contribution in [2.45, 2.75) is 27.1 Å². The third-order valence-electron chi connectivity index (χ3n) is 6.72. The molecule has 0 saturated carbocycles. The number of rotatable bonds is 11. The summed E-state index contributed by atoms with van der Waals surface area (Å²) in [6.45, 7) is 4.35. The van der Waals surface area contributed by atoms with Crippen LogP contribution in [0.5, 0.6) is 11.5 Å². The van der Waals surface area contributed by atoms with Gasteiger partial charge in [-0.25, -0.2) is 4.98 Å². The van der Waals surface area contributed by atoms with Gasteiger partial charge in [0.25, 0.3) is 0 Å². The smallest absolute Gasteiger partial charge is 0.548 e. The van der Waals surface area contributed by atoms with E-state index >= 15 is 0 Å². The number of ether oxygens (including phenoxy) is 2. The number of hydrogen-bond acceptors (Lipinski definition) is 8. The predicted molar refractivity (Wildman–Crippen MR) is 160 cm³/mol. The Hall–Kier alpha value is -4.24. The standard InChI is InChI=1S/C34H32N4O4.Na/c1-23-8-14-28(35-24(23)2)21-41-30-16-10-26(11-17-30)34(37-38(3)20-33(39)40)27-12-18-31(19-13-27)42-22-29-15-9-25-6-4-5-7-32(25)36-29;/h4-19H,20-22H2,1-3H3,(H,39,40);/q;+1/p-1/b37-34-;. The fourth-order valence-corrected chi connectivity index (χ4v) is 4.36. The summed E-state index contributed by atoms with van der Waals surface area (Å²) in [5.41, 5.74) is 6.93. The number of carbonyl (C=O) groups is 1. The van der Waals surface area contributed by atoms with Crippen LogP contribution >= 0.6 is 0 Å². The molecular formula is C34H31N4NaO4. The zero-order valence-corrected chi connectivity index (χ0v) is 26.8. The number of pyridine rings is 2. The number of likely N-dealkylation sites (N-methyl/N-ethyl adjacent to an activating group) is 1. The number of fused-ring (bicyclic) bond motifs is 1. The second kappa shape index (κ2) is 14.8. The van der Waals surface area contributed by atoms with Gasteiger partial charge >= 0.3 is 29.6 Å². The third-order valence-corrected chi connectivity index (χ3v) is 6.72. The Morgan fingerprint density at radius 1 is 0.767 bits per heavy atom. The molecule has 0 aliphatic carbocycles. The van der Waals surface area contributed by atoms with Crippen LogP contribution in [0.15, 0.2) is 102 Å². The minimum atomic E-state index is -1.21. The topological polar surface area (TPSA) is 100.0 Å². The Kier molecular flexibility index (Phi) is 10.9. The number of aromatic nitrogens is 2. The minimum absolute atomic E-state index is 0. The summed E-state index contributed by atoms with van der Waals surface area (Å²) < 4.78 is 11.9. The fourth-order valence-electron chi connectivity index (χ4n) is 4.36. The number of carboxylic acid groups (broad SMARTS) is 1. The monoisotopic (exact) mass is 582 g/mol. The zero-order valence-electron chi connectivity index (χ0n) is 24.8. The predicted octanol–water partition coefficient (Wildman–Crippen LogP) is 1.84. The summed E-state index contributed by atoms with van der Waals surface area (Å²) in [4.78, 5) is 20.4. The number of hydrogen-bond donors (Lipinski definition) is 0. The first-order chi connectivity index (χ1) is 20.3. The molecule has 5 rings (SSSR count). The van der Waals surface area contributed by atoms with Gasteiger partial charge in [0.05, 0.1) is 35.1 Å². The van der Waals surface area contributed by atoms with E-state index in [1.54, 1.807) is 7.05 Å². The van der Waals surface area contributed by atoms with E-state index in [0.29, 0.717) is 30.4 Å². The Morgan fingerprint density at radius 2 is 1.33 bits per heavy atom. The van der Waals surface area contributed by atoms with Crippen LogP contribution in [-0.2, 0) is 18.0 Å². The van der Waals surface area contributed by atoms with Crippen molar-refractivity contribution in [2.75, 3.05) is 13.6 Å². The van der Waals surface area contributed by atoms with Gasteiger partial charge in [0.1, 0.15) is 24.7 Å². The molecule has 212 valence electrons. The Balaban J connectivity index is 0.00000423. The summed E-state index contributed by atoms with van der Waals surface area (Å²) in [5.74, 6) is 0.155. The molecule has 0 aliphatic rings. The van der Waals surface area contributed by atoms with E-state index in [1.165, 1.54) is 5.01 Å². The molecule has 2 aromatic heterocycles. The number of hydrazone groups is 1. The number of carbonyl (C=O) groups excluding carboxylic acids is 1. The number of nitrogens with zero attached hydrogens (tertiary/aromatic N) is 4. The fraction of sp³-hybridized carbons (Fsp3) is 0.176. The van der Waals surface area contributed by atoms with Crippen molar-refractivity contribution in [1.29, 1.82) is 0 Å². The van der Waals surface area contributed by atoms with Crippen molar-refractivity contribution in [2.24, 2.45) is 5.10 Å². The van der Waals surface area contributed by atoms with Crippen LogP contribution in [0.25, 0.3) is 10.9 Å². The first kappa shape index (κ1) is 31.7. The van der Waals surface area contributed by atoms with Crippen molar-refractivity contribution in [3.63, 3.8) is 0 Å². The summed E-state index contributed by atoms with van der Waals surface area (Å²) in [6, 6.07) is 31.0. The van der Waals surface area contributed by atoms with Crippen LogP contribution in [0.2, 0.25) is 0 Å². The van der Waals surface area contributed by atoms with Crippen molar-refractivity contribution >= 4 is 22.6 Å². The number of aliphatic carboxylic acids is 1. The van der Waals surface area contributed by atoms with Gasteiger partial charge in [0.15, 0.2) is 0 Å². The zero-order chi connectivity index (χ0) is 29.5. The van der Waals surface area contributed by atoms with Gasteiger partial charge in [-0.05, 0) is 86.1 Å². The van der Waals surface area contributed by atoms with Gasteiger partial charge in [-0.2, -0.15) is 5.10 Å². The normalized spacial score (nSPS) is 11.1. The molecule has 0 N–H and O–H groups in total. The van der Waals surface area contributed by atoms with Gasteiger partial charge < -0.3 is 19.4 Å². The molecule has 43 heavy (non-hydrogen) atoms. The molecule has 0 unspecified atom stereocenters. The van der Waals surface area contributed by atoms with E-state index in [-0.39, 0.29) is 36.1 Å². The molecule has 8 nitrogen and oxygen atoms in total. The summed E-state index contributed by atoms with van der Waals surface area (Å²) >= 11 is 0. The van der Waals surface area contributed by atoms with Crippen molar-refractivity contribution < 1.29 is 48.9 Å². The Labute approximate surface area is 273 Å². The van der Waals surface area contributed by atoms with Crippen molar-refractivity contribution in [3.05, 3.63) is 131 Å². The average molecular weight is 583 g/mol. The van der Waals surface area contributed by atoms with Crippen molar-refractivity contribution in [3.8, 4) is 11.5 Å². The molecule has 0 radical (unpaired) electrons. The largest absolute Gasteiger partial charge is 1.00 e. The molecule has 0 bridgehead atoms. The quantitative estimate of drug-likeness (QED) is 0.133. The number of carboxylic acids is 1. The van der Waals surface area contributed by atoms with E-state index in [4.69, 9.17) is 9.47 Å². The SMILES string of the molecule is Cc1ccc(COc2ccc(/C(=N/N(C)CC(=O)[O-])c3ccc(OCc4ccc5ccccc5n4)cc3)cc2)nc1C.[Na+]. The van der Waals surface area contributed by atoms with Crippen LogP contribution in [0.3, 0.4) is 0 Å². The molecule has 0 atom stereocenters.